The molecule has 0 fully saturated rings. The van der Waals surface area contributed by atoms with Gasteiger partial charge in [0.15, 0.2) is 5.75 Å². The average Bonchev–Trinajstić information content (AvgIpc) is 2.60. The third-order valence-electron chi connectivity index (χ3n) is 3.80. The summed E-state index contributed by atoms with van der Waals surface area (Å²) in [5.74, 6) is 0.747. The van der Waals surface area contributed by atoms with E-state index in [1.807, 2.05) is 62.5 Å². The van der Waals surface area contributed by atoms with Crippen molar-refractivity contribution in [3.05, 3.63) is 65.7 Å². The third-order valence-corrected chi connectivity index (χ3v) is 3.80. The van der Waals surface area contributed by atoms with E-state index in [-0.39, 0.29) is 0 Å². The lowest BCUT2D eigenvalue weighted by Crippen LogP contribution is -2.16. The summed E-state index contributed by atoms with van der Waals surface area (Å²) in [6, 6.07) is 13.7. The van der Waals surface area contributed by atoms with E-state index in [4.69, 9.17) is 4.84 Å². The topological polar surface area (TPSA) is 36.9 Å². The minimum atomic E-state index is 0.723. The van der Waals surface area contributed by atoms with Crippen LogP contribution >= 0.6 is 0 Å². The first kappa shape index (κ1) is 17.6. The van der Waals surface area contributed by atoms with Gasteiger partial charge in [-0.05, 0) is 56.2 Å². The Labute approximate surface area is 144 Å². The number of nitrogens with zero attached hydrogens (tertiary/aromatic N) is 2. The van der Waals surface area contributed by atoms with E-state index in [2.05, 4.69) is 36.1 Å². The Morgan fingerprint density at radius 2 is 1.92 bits per heavy atom. The minimum Gasteiger partial charge on any atom is -0.382 e. The van der Waals surface area contributed by atoms with E-state index in [1.54, 1.807) is 0 Å². The molecule has 0 spiro atoms. The molecule has 2 rings (SSSR count). The molecule has 0 saturated heterocycles. The van der Waals surface area contributed by atoms with Crippen molar-refractivity contribution in [2.45, 2.75) is 20.8 Å². The van der Waals surface area contributed by atoms with Crippen molar-refractivity contribution in [2.24, 2.45) is 4.99 Å². The zero-order chi connectivity index (χ0) is 17.5. The molecule has 4 heteroatoms. The SMILES string of the molecule is C=C(NOc1ccccc1)c1cc(C)c(N=CN(C)CC)cc1C. The highest BCUT2D eigenvalue weighted by Gasteiger charge is 2.08. The second-order valence-corrected chi connectivity index (χ2v) is 5.77. The van der Waals surface area contributed by atoms with E-state index >= 15 is 0 Å². The molecular weight excluding hydrogens is 298 g/mol. The van der Waals surface area contributed by atoms with E-state index in [9.17, 15) is 0 Å². The highest BCUT2D eigenvalue weighted by Crippen LogP contribution is 2.26. The van der Waals surface area contributed by atoms with E-state index < -0.39 is 0 Å². The van der Waals surface area contributed by atoms with E-state index in [0.717, 1.165) is 40.4 Å². The molecule has 0 amide bonds. The molecular formula is C20H25N3O. The summed E-state index contributed by atoms with van der Waals surface area (Å²) >= 11 is 0. The van der Waals surface area contributed by atoms with Gasteiger partial charge in [0.25, 0.3) is 0 Å². The molecule has 0 radical (unpaired) electrons. The summed E-state index contributed by atoms with van der Waals surface area (Å²) in [6.07, 6.45) is 1.85. The van der Waals surface area contributed by atoms with Crippen LogP contribution in [-0.2, 0) is 0 Å². The minimum absolute atomic E-state index is 0.723. The number of aliphatic imine (C=N–C) groups is 1. The fourth-order valence-electron chi connectivity index (χ4n) is 2.17. The predicted molar refractivity (Wildman–Crippen MR) is 102 cm³/mol. The Morgan fingerprint density at radius 1 is 1.21 bits per heavy atom. The van der Waals surface area contributed by atoms with Crippen LogP contribution in [0.2, 0.25) is 0 Å². The van der Waals surface area contributed by atoms with Crippen LogP contribution in [0.4, 0.5) is 5.69 Å². The second kappa shape index (κ2) is 8.20. The van der Waals surface area contributed by atoms with Gasteiger partial charge in [0.05, 0.1) is 17.7 Å². The maximum atomic E-state index is 5.55. The molecule has 4 nitrogen and oxygen atoms in total. The van der Waals surface area contributed by atoms with Crippen LogP contribution in [-0.4, -0.2) is 24.8 Å². The molecule has 2 aromatic carbocycles. The van der Waals surface area contributed by atoms with E-state index in [1.165, 1.54) is 0 Å². The summed E-state index contributed by atoms with van der Waals surface area (Å²) in [5, 5.41) is 0. The van der Waals surface area contributed by atoms with Gasteiger partial charge in [-0.1, -0.05) is 24.8 Å². The molecule has 0 aliphatic rings. The van der Waals surface area contributed by atoms with Crippen molar-refractivity contribution in [2.75, 3.05) is 13.6 Å². The van der Waals surface area contributed by atoms with Crippen LogP contribution < -0.4 is 10.3 Å². The van der Waals surface area contributed by atoms with Crippen molar-refractivity contribution < 1.29 is 4.84 Å². The second-order valence-electron chi connectivity index (χ2n) is 5.77. The van der Waals surface area contributed by atoms with Crippen molar-refractivity contribution >= 4 is 17.7 Å². The lowest BCUT2D eigenvalue weighted by Gasteiger charge is -2.15. The van der Waals surface area contributed by atoms with Crippen molar-refractivity contribution in [3.63, 3.8) is 0 Å². The molecule has 0 bridgehead atoms. The number of benzene rings is 2. The van der Waals surface area contributed by atoms with Crippen molar-refractivity contribution in [3.8, 4) is 5.75 Å². The predicted octanol–water partition coefficient (Wildman–Crippen LogP) is 4.47. The smallest absolute Gasteiger partial charge is 0.155 e. The molecule has 0 aliphatic carbocycles. The molecule has 24 heavy (non-hydrogen) atoms. The van der Waals surface area contributed by atoms with Gasteiger partial charge < -0.3 is 9.74 Å². The summed E-state index contributed by atoms with van der Waals surface area (Å²) in [7, 11) is 2.01. The Kier molecular flexibility index (Phi) is 6.01. The highest BCUT2D eigenvalue weighted by atomic mass is 16.6. The van der Waals surface area contributed by atoms with Gasteiger partial charge in [0.1, 0.15) is 0 Å². The largest absolute Gasteiger partial charge is 0.382 e. The number of hydrogen-bond donors (Lipinski definition) is 1. The summed E-state index contributed by atoms with van der Waals surface area (Å²) < 4.78 is 0. The van der Waals surface area contributed by atoms with Crippen LogP contribution in [0.25, 0.3) is 5.70 Å². The molecule has 0 saturated carbocycles. The Bertz CT molecular complexity index is 723. The normalized spacial score (nSPS) is 10.7. The average molecular weight is 323 g/mol. The quantitative estimate of drug-likeness (QED) is 0.464. The third kappa shape index (κ3) is 4.62. The van der Waals surface area contributed by atoms with E-state index in [0.29, 0.717) is 0 Å². The van der Waals surface area contributed by atoms with Gasteiger partial charge in [0, 0.05) is 19.2 Å². The molecule has 0 atom stereocenters. The zero-order valence-corrected chi connectivity index (χ0v) is 14.8. The highest BCUT2D eigenvalue weighted by molar-refractivity contribution is 5.70. The summed E-state index contributed by atoms with van der Waals surface area (Å²) in [6.45, 7) is 11.2. The fourth-order valence-corrected chi connectivity index (χ4v) is 2.17. The first-order chi connectivity index (χ1) is 11.5. The number of rotatable bonds is 7. The van der Waals surface area contributed by atoms with Gasteiger partial charge in [-0.2, -0.15) is 0 Å². The molecule has 0 aromatic heterocycles. The number of hydrogen-bond acceptors (Lipinski definition) is 3. The van der Waals surface area contributed by atoms with Gasteiger partial charge in [-0.15, -0.1) is 0 Å². The molecule has 0 heterocycles. The van der Waals surface area contributed by atoms with Crippen LogP contribution in [0.5, 0.6) is 5.75 Å². The molecule has 126 valence electrons. The monoisotopic (exact) mass is 323 g/mol. The Hall–Kier alpha value is -2.75. The first-order valence-electron chi connectivity index (χ1n) is 8.04. The van der Waals surface area contributed by atoms with Gasteiger partial charge >= 0.3 is 0 Å². The van der Waals surface area contributed by atoms with Crippen molar-refractivity contribution in [1.29, 1.82) is 0 Å². The number of nitrogens with one attached hydrogen (secondary N) is 1. The standard InChI is InChI=1S/C20H25N3O/c1-6-23(5)14-21-20-13-15(2)19(12-16(20)3)17(4)22-24-18-10-8-7-9-11-18/h7-14,22H,4,6H2,1-3,5H3. The van der Waals surface area contributed by atoms with Crippen LogP contribution in [0, 0.1) is 13.8 Å². The molecule has 0 aliphatic heterocycles. The molecule has 1 N–H and O–H groups in total. The zero-order valence-electron chi connectivity index (χ0n) is 14.8. The Balaban J connectivity index is 2.11. The van der Waals surface area contributed by atoms with Gasteiger partial charge in [-0.25, -0.2) is 10.5 Å². The number of hydroxylamine groups is 1. The first-order valence-corrected chi connectivity index (χ1v) is 8.04. The Morgan fingerprint density at radius 3 is 2.58 bits per heavy atom. The maximum Gasteiger partial charge on any atom is 0.155 e. The van der Waals surface area contributed by atoms with Crippen molar-refractivity contribution in [1.82, 2.24) is 10.4 Å². The van der Waals surface area contributed by atoms with Gasteiger partial charge in [0.2, 0.25) is 0 Å². The number of aryl methyl sites for hydroxylation is 2. The fraction of sp³-hybridized carbons (Fsp3) is 0.250. The van der Waals surface area contributed by atoms with Crippen LogP contribution in [0.15, 0.2) is 54.0 Å². The lowest BCUT2D eigenvalue weighted by molar-refractivity contribution is 0.253. The van der Waals surface area contributed by atoms with Gasteiger partial charge in [-0.3, -0.25) is 0 Å². The maximum absolute atomic E-state index is 5.55. The van der Waals surface area contributed by atoms with Crippen LogP contribution in [0.1, 0.15) is 23.6 Å². The summed E-state index contributed by atoms with van der Waals surface area (Å²) in [5.41, 5.74) is 7.82. The molecule has 0 unspecified atom stereocenters. The summed E-state index contributed by atoms with van der Waals surface area (Å²) in [4.78, 5) is 12.1. The molecule has 2 aromatic rings. The lowest BCUT2D eigenvalue weighted by atomic mass is 10.0. The van der Waals surface area contributed by atoms with Crippen LogP contribution in [0.3, 0.4) is 0 Å². The number of para-hydroxylation sites is 1.